The van der Waals surface area contributed by atoms with Gasteiger partial charge in [0.2, 0.25) is 0 Å². The molecule has 0 radical (unpaired) electrons. The molecule has 4 N–H and O–H groups in total. The van der Waals surface area contributed by atoms with E-state index in [1.54, 1.807) is 13.8 Å². The summed E-state index contributed by atoms with van der Waals surface area (Å²) in [7, 11) is 0. The molecule has 98 valence electrons. The predicted molar refractivity (Wildman–Crippen MR) is 70.9 cm³/mol. The third-order valence-electron chi connectivity index (χ3n) is 2.88. The van der Waals surface area contributed by atoms with Crippen LogP contribution in [0.1, 0.15) is 35.3 Å². The van der Waals surface area contributed by atoms with Crippen LogP contribution in [0, 0.1) is 13.8 Å². The largest absolute Gasteiger partial charge is 0.409 e. The lowest BCUT2D eigenvalue weighted by Crippen LogP contribution is -2.53. The minimum Gasteiger partial charge on any atom is -0.409 e. The first kappa shape index (κ1) is 14.0. The highest BCUT2D eigenvalue weighted by Crippen LogP contribution is 2.14. The Morgan fingerprint density at radius 2 is 1.83 bits per heavy atom. The summed E-state index contributed by atoms with van der Waals surface area (Å²) in [6.45, 7) is 7.10. The summed E-state index contributed by atoms with van der Waals surface area (Å²) in [5.41, 5.74) is 7.04. The number of benzene rings is 1. The first-order valence-electron chi connectivity index (χ1n) is 5.66. The molecule has 0 saturated carbocycles. The van der Waals surface area contributed by atoms with Gasteiger partial charge in [-0.1, -0.05) is 23.4 Å². The molecule has 0 aliphatic rings. The fraction of sp³-hybridized carbons (Fsp3) is 0.385. The molecule has 18 heavy (non-hydrogen) atoms. The highest BCUT2D eigenvalue weighted by molar-refractivity contribution is 6.01. The standard InChI is InChI=1S/C13H19N3O2/c1-8-6-5-7-9(2)10(8)11(17)15-13(3,4)12(14)16-18/h5-7,18H,1-4H3,(H2,14,16)(H,15,17). The summed E-state index contributed by atoms with van der Waals surface area (Å²) in [5, 5.41) is 14.4. The van der Waals surface area contributed by atoms with Crippen molar-refractivity contribution in [2.45, 2.75) is 33.2 Å². The lowest BCUT2D eigenvalue weighted by molar-refractivity contribution is 0.0929. The molecular formula is C13H19N3O2. The average Bonchev–Trinajstić information content (AvgIpc) is 2.26. The molecular weight excluding hydrogens is 230 g/mol. The van der Waals surface area contributed by atoms with Gasteiger partial charge in [0.05, 0.1) is 5.54 Å². The van der Waals surface area contributed by atoms with E-state index in [-0.39, 0.29) is 11.7 Å². The Hall–Kier alpha value is -2.04. The van der Waals surface area contributed by atoms with Crippen LogP contribution in [-0.2, 0) is 0 Å². The van der Waals surface area contributed by atoms with Gasteiger partial charge in [-0.05, 0) is 38.8 Å². The smallest absolute Gasteiger partial charge is 0.252 e. The molecule has 0 aliphatic carbocycles. The van der Waals surface area contributed by atoms with Gasteiger partial charge < -0.3 is 16.3 Å². The number of nitrogens with two attached hydrogens (primary N) is 1. The molecule has 1 rings (SSSR count). The van der Waals surface area contributed by atoms with E-state index in [9.17, 15) is 4.79 Å². The fourth-order valence-electron chi connectivity index (χ4n) is 1.71. The van der Waals surface area contributed by atoms with Crippen LogP contribution in [0.15, 0.2) is 23.4 Å². The highest BCUT2D eigenvalue weighted by Gasteiger charge is 2.27. The van der Waals surface area contributed by atoms with E-state index in [1.807, 2.05) is 32.0 Å². The van der Waals surface area contributed by atoms with Crippen molar-refractivity contribution < 1.29 is 10.0 Å². The van der Waals surface area contributed by atoms with Gasteiger partial charge in [0.15, 0.2) is 5.84 Å². The molecule has 0 spiro atoms. The lowest BCUT2D eigenvalue weighted by atomic mass is 9.99. The second-order valence-corrected chi connectivity index (χ2v) is 4.83. The molecule has 1 amide bonds. The number of carbonyl (C=O) groups is 1. The Morgan fingerprint density at radius 3 is 2.28 bits per heavy atom. The lowest BCUT2D eigenvalue weighted by Gasteiger charge is -2.25. The van der Waals surface area contributed by atoms with E-state index < -0.39 is 5.54 Å². The van der Waals surface area contributed by atoms with Crippen LogP contribution in [0.25, 0.3) is 0 Å². The average molecular weight is 249 g/mol. The van der Waals surface area contributed by atoms with Gasteiger partial charge in [-0.15, -0.1) is 0 Å². The van der Waals surface area contributed by atoms with E-state index in [0.29, 0.717) is 5.56 Å². The summed E-state index contributed by atoms with van der Waals surface area (Å²) in [6.07, 6.45) is 0. The van der Waals surface area contributed by atoms with Crippen LogP contribution < -0.4 is 11.1 Å². The van der Waals surface area contributed by atoms with Crippen molar-refractivity contribution in [3.8, 4) is 0 Å². The molecule has 0 heterocycles. The first-order valence-corrected chi connectivity index (χ1v) is 5.66. The Morgan fingerprint density at radius 1 is 1.33 bits per heavy atom. The summed E-state index contributed by atoms with van der Waals surface area (Å²) >= 11 is 0. The van der Waals surface area contributed by atoms with E-state index in [2.05, 4.69) is 10.5 Å². The quantitative estimate of drug-likeness (QED) is 0.329. The van der Waals surface area contributed by atoms with Gasteiger partial charge in [-0.3, -0.25) is 4.79 Å². The maximum atomic E-state index is 12.2. The zero-order valence-corrected chi connectivity index (χ0v) is 11.1. The second-order valence-electron chi connectivity index (χ2n) is 4.83. The monoisotopic (exact) mass is 249 g/mol. The van der Waals surface area contributed by atoms with Crippen LogP contribution in [0.5, 0.6) is 0 Å². The van der Waals surface area contributed by atoms with Gasteiger partial charge >= 0.3 is 0 Å². The number of hydrogen-bond acceptors (Lipinski definition) is 3. The number of amides is 1. The summed E-state index contributed by atoms with van der Waals surface area (Å²) in [6, 6.07) is 5.65. The zero-order chi connectivity index (χ0) is 13.9. The van der Waals surface area contributed by atoms with Gasteiger partial charge in [0, 0.05) is 5.56 Å². The predicted octanol–water partition coefficient (Wildman–Crippen LogP) is 1.56. The second kappa shape index (κ2) is 5.08. The van der Waals surface area contributed by atoms with Gasteiger partial charge in [0.25, 0.3) is 5.91 Å². The minimum absolute atomic E-state index is 0.0397. The SMILES string of the molecule is Cc1cccc(C)c1C(=O)NC(C)(C)/C(N)=N/O. The molecule has 5 nitrogen and oxygen atoms in total. The normalized spacial score (nSPS) is 12.3. The Labute approximate surface area is 107 Å². The topological polar surface area (TPSA) is 87.7 Å². The molecule has 0 atom stereocenters. The molecule has 0 aromatic heterocycles. The zero-order valence-electron chi connectivity index (χ0n) is 11.1. The molecule has 5 heteroatoms. The van der Waals surface area contributed by atoms with E-state index >= 15 is 0 Å². The summed E-state index contributed by atoms with van der Waals surface area (Å²) < 4.78 is 0. The van der Waals surface area contributed by atoms with Crippen molar-refractivity contribution in [3.63, 3.8) is 0 Å². The summed E-state index contributed by atoms with van der Waals surface area (Å²) in [5.74, 6) is -0.274. The summed E-state index contributed by atoms with van der Waals surface area (Å²) in [4.78, 5) is 12.2. The maximum absolute atomic E-state index is 12.2. The van der Waals surface area contributed by atoms with Crippen LogP contribution in [0.2, 0.25) is 0 Å². The molecule has 1 aromatic rings. The fourth-order valence-corrected chi connectivity index (χ4v) is 1.71. The third kappa shape index (κ3) is 2.80. The first-order chi connectivity index (χ1) is 8.29. The number of hydrogen-bond donors (Lipinski definition) is 3. The van der Waals surface area contributed by atoms with Gasteiger partial charge in [0.1, 0.15) is 0 Å². The maximum Gasteiger partial charge on any atom is 0.252 e. The molecule has 0 saturated heterocycles. The van der Waals surface area contributed by atoms with E-state index in [4.69, 9.17) is 10.9 Å². The Kier molecular flexibility index (Phi) is 3.96. The molecule has 0 aliphatic heterocycles. The molecule has 0 bridgehead atoms. The van der Waals surface area contributed by atoms with Crippen LogP contribution in [-0.4, -0.2) is 22.5 Å². The number of rotatable bonds is 3. The number of carbonyl (C=O) groups excluding carboxylic acids is 1. The van der Waals surface area contributed by atoms with Crippen molar-refractivity contribution in [1.82, 2.24) is 5.32 Å². The third-order valence-corrected chi connectivity index (χ3v) is 2.88. The Balaban J connectivity index is 3.04. The molecule has 0 fully saturated rings. The molecule has 1 aromatic carbocycles. The van der Waals surface area contributed by atoms with Crippen molar-refractivity contribution >= 4 is 11.7 Å². The Bertz CT molecular complexity index is 473. The van der Waals surface area contributed by atoms with Crippen molar-refractivity contribution in [2.75, 3.05) is 0 Å². The van der Waals surface area contributed by atoms with Gasteiger partial charge in [-0.2, -0.15) is 0 Å². The van der Waals surface area contributed by atoms with E-state index in [0.717, 1.165) is 11.1 Å². The number of nitrogens with one attached hydrogen (secondary N) is 1. The van der Waals surface area contributed by atoms with Crippen molar-refractivity contribution in [2.24, 2.45) is 10.9 Å². The minimum atomic E-state index is -0.902. The van der Waals surface area contributed by atoms with Crippen molar-refractivity contribution in [3.05, 3.63) is 34.9 Å². The number of nitrogens with zero attached hydrogens (tertiary/aromatic N) is 1. The van der Waals surface area contributed by atoms with Crippen molar-refractivity contribution in [1.29, 1.82) is 0 Å². The van der Waals surface area contributed by atoms with E-state index in [1.165, 1.54) is 0 Å². The van der Waals surface area contributed by atoms with Crippen LogP contribution >= 0.6 is 0 Å². The highest BCUT2D eigenvalue weighted by atomic mass is 16.4. The number of oxime groups is 1. The number of aryl methyl sites for hydroxylation is 2. The van der Waals surface area contributed by atoms with Gasteiger partial charge in [-0.25, -0.2) is 0 Å². The van der Waals surface area contributed by atoms with Crippen LogP contribution in [0.4, 0.5) is 0 Å². The molecule has 0 unspecified atom stereocenters. The van der Waals surface area contributed by atoms with Crippen LogP contribution in [0.3, 0.4) is 0 Å². The number of amidine groups is 1.